The van der Waals surface area contributed by atoms with Crippen LogP contribution in [0.5, 0.6) is 0 Å². The van der Waals surface area contributed by atoms with Gasteiger partial charge in [0.05, 0.1) is 0 Å². The van der Waals surface area contributed by atoms with E-state index in [4.69, 9.17) is 0 Å². The molecule has 0 amide bonds. The number of carbonyl (C=O) groups is 2. The third-order valence-electron chi connectivity index (χ3n) is 0.734. The summed E-state index contributed by atoms with van der Waals surface area (Å²) in [5.41, 5.74) is 0. The Kier molecular flexibility index (Phi) is 3.52. The number of carbonyl (C=O) groups excluding carboxylic acids is 2. The Labute approximate surface area is 52.6 Å². The smallest absolute Gasteiger partial charge is 0.254 e. The van der Waals surface area contributed by atoms with Crippen molar-refractivity contribution in [2.45, 2.75) is 13.3 Å². The molecule has 0 saturated heterocycles. The Morgan fingerprint density at radius 1 is 1.50 bits per heavy atom. The van der Waals surface area contributed by atoms with Gasteiger partial charge in [-0.2, -0.15) is 0 Å². The number of Topliss-reactive ketones (excluding diaryl/α,β-unsaturated/α-hetero) is 1. The van der Waals surface area contributed by atoms with Crippen LogP contribution in [0, 0.1) is 0 Å². The summed E-state index contributed by atoms with van der Waals surface area (Å²) in [6.45, 7) is 1.68. The molecule has 0 radical (unpaired) electrons. The molecule has 0 aromatic heterocycles. The molecule has 0 bridgehead atoms. The van der Waals surface area contributed by atoms with Crippen molar-refractivity contribution in [1.82, 2.24) is 0 Å². The maximum absolute atomic E-state index is 10.4. The van der Waals surface area contributed by atoms with E-state index in [9.17, 15) is 9.59 Å². The van der Waals surface area contributed by atoms with Gasteiger partial charge < -0.3 is 0 Å². The van der Waals surface area contributed by atoms with Gasteiger partial charge in [0.25, 0.3) is 5.12 Å². The summed E-state index contributed by atoms with van der Waals surface area (Å²) in [5.74, 6) is -0.294. The zero-order valence-corrected chi connectivity index (χ0v) is 5.75. The van der Waals surface area contributed by atoms with Crippen LogP contribution in [0.3, 0.4) is 0 Å². The molecular weight excluding hydrogens is 124 g/mol. The number of hydrogen-bond donors (Lipinski definition) is 0. The number of ketones is 1. The topological polar surface area (TPSA) is 34.1 Å². The van der Waals surface area contributed by atoms with Gasteiger partial charge in [-0.1, -0.05) is 18.7 Å². The molecule has 0 atom stereocenters. The Hall–Kier alpha value is -0.310. The SMILES string of the molecule is CCC(=O)C(=O)SC. The van der Waals surface area contributed by atoms with Crippen molar-refractivity contribution < 1.29 is 9.59 Å². The molecule has 0 heterocycles. The molecular formula is C5H8O2S. The molecule has 0 aliphatic carbocycles. The van der Waals surface area contributed by atoms with Crippen molar-refractivity contribution in [3.63, 3.8) is 0 Å². The number of thioether (sulfide) groups is 1. The molecule has 0 fully saturated rings. The first-order valence-corrected chi connectivity index (χ1v) is 3.56. The summed E-state index contributed by atoms with van der Waals surface area (Å²) in [4.78, 5) is 20.7. The predicted molar refractivity (Wildman–Crippen MR) is 33.8 cm³/mol. The van der Waals surface area contributed by atoms with Gasteiger partial charge in [-0.05, 0) is 6.26 Å². The molecule has 2 nitrogen and oxygen atoms in total. The van der Waals surface area contributed by atoms with E-state index in [1.54, 1.807) is 13.2 Å². The number of rotatable bonds is 2. The van der Waals surface area contributed by atoms with Crippen molar-refractivity contribution in [2.24, 2.45) is 0 Å². The zero-order chi connectivity index (χ0) is 6.57. The molecule has 0 rings (SSSR count). The van der Waals surface area contributed by atoms with Crippen LogP contribution in [0.2, 0.25) is 0 Å². The van der Waals surface area contributed by atoms with Crippen molar-refractivity contribution in [3.8, 4) is 0 Å². The minimum absolute atomic E-state index is 0.294. The van der Waals surface area contributed by atoms with Crippen LogP contribution in [0.15, 0.2) is 0 Å². The highest BCUT2D eigenvalue weighted by molar-refractivity contribution is 8.14. The van der Waals surface area contributed by atoms with Crippen molar-refractivity contribution in [3.05, 3.63) is 0 Å². The summed E-state index contributed by atoms with van der Waals surface area (Å²) < 4.78 is 0. The van der Waals surface area contributed by atoms with Gasteiger partial charge in [0.2, 0.25) is 5.78 Å². The maximum Gasteiger partial charge on any atom is 0.254 e. The van der Waals surface area contributed by atoms with E-state index in [1.807, 2.05) is 0 Å². The van der Waals surface area contributed by atoms with Crippen molar-refractivity contribution >= 4 is 22.7 Å². The Morgan fingerprint density at radius 2 is 2.00 bits per heavy atom. The highest BCUT2D eigenvalue weighted by atomic mass is 32.2. The molecule has 0 N–H and O–H groups in total. The van der Waals surface area contributed by atoms with E-state index < -0.39 is 0 Å². The van der Waals surface area contributed by atoms with Crippen molar-refractivity contribution in [2.75, 3.05) is 6.26 Å². The Bertz CT molecular complexity index is 95.0. The van der Waals surface area contributed by atoms with E-state index in [0.29, 0.717) is 6.42 Å². The molecule has 0 aromatic carbocycles. The number of hydrogen-bond acceptors (Lipinski definition) is 3. The van der Waals surface area contributed by atoms with Crippen LogP contribution >= 0.6 is 11.8 Å². The van der Waals surface area contributed by atoms with Gasteiger partial charge in [-0.15, -0.1) is 0 Å². The highest BCUT2D eigenvalue weighted by Crippen LogP contribution is 1.96. The fraction of sp³-hybridized carbons (Fsp3) is 0.600. The summed E-state index contributed by atoms with van der Waals surface area (Å²) in [7, 11) is 0. The highest BCUT2D eigenvalue weighted by Gasteiger charge is 2.07. The molecule has 0 unspecified atom stereocenters. The quantitative estimate of drug-likeness (QED) is 0.522. The first kappa shape index (κ1) is 7.69. The maximum atomic E-state index is 10.4. The van der Waals surface area contributed by atoms with E-state index in [0.717, 1.165) is 11.8 Å². The fourth-order valence-electron chi connectivity index (χ4n) is 0.258. The van der Waals surface area contributed by atoms with Gasteiger partial charge in [0.1, 0.15) is 0 Å². The third kappa shape index (κ3) is 2.12. The molecule has 8 heavy (non-hydrogen) atoms. The average Bonchev–Trinajstić information content (AvgIpc) is 1.84. The molecule has 46 valence electrons. The zero-order valence-electron chi connectivity index (χ0n) is 4.93. The standard InChI is InChI=1S/C5H8O2S/c1-3-4(6)5(7)8-2/h3H2,1-2H3. The van der Waals surface area contributed by atoms with E-state index >= 15 is 0 Å². The van der Waals surface area contributed by atoms with Crippen LogP contribution in [-0.2, 0) is 9.59 Å². The van der Waals surface area contributed by atoms with Crippen molar-refractivity contribution in [1.29, 1.82) is 0 Å². The first-order valence-electron chi connectivity index (χ1n) is 2.33. The molecule has 0 aliphatic heterocycles. The lowest BCUT2D eigenvalue weighted by Crippen LogP contribution is -2.06. The summed E-state index contributed by atoms with van der Waals surface area (Å²) in [6.07, 6.45) is 1.93. The van der Waals surface area contributed by atoms with Crippen LogP contribution in [-0.4, -0.2) is 17.2 Å². The minimum Gasteiger partial charge on any atom is -0.290 e. The largest absolute Gasteiger partial charge is 0.290 e. The van der Waals surface area contributed by atoms with E-state index in [2.05, 4.69) is 0 Å². The molecule has 0 aliphatic rings. The van der Waals surface area contributed by atoms with Gasteiger partial charge in [0.15, 0.2) is 0 Å². The lowest BCUT2D eigenvalue weighted by molar-refractivity contribution is -0.131. The fourth-order valence-corrected chi connectivity index (χ4v) is 0.630. The first-order chi connectivity index (χ1) is 3.72. The lowest BCUT2D eigenvalue weighted by Gasteiger charge is -1.86. The molecule has 0 spiro atoms. The minimum atomic E-state index is -0.340. The van der Waals surface area contributed by atoms with Crippen LogP contribution in [0.4, 0.5) is 0 Å². The third-order valence-corrected chi connectivity index (χ3v) is 1.33. The second-order valence-electron chi connectivity index (χ2n) is 1.27. The normalized spacial score (nSPS) is 8.75. The van der Waals surface area contributed by atoms with Crippen LogP contribution in [0.1, 0.15) is 13.3 Å². The molecule has 0 saturated carbocycles. The second-order valence-corrected chi connectivity index (χ2v) is 2.05. The monoisotopic (exact) mass is 132 g/mol. The predicted octanol–water partition coefficient (Wildman–Crippen LogP) is 0.855. The Morgan fingerprint density at radius 3 is 2.12 bits per heavy atom. The van der Waals surface area contributed by atoms with E-state index in [1.165, 1.54) is 0 Å². The second kappa shape index (κ2) is 3.66. The lowest BCUT2D eigenvalue weighted by atomic mass is 10.3. The van der Waals surface area contributed by atoms with Gasteiger partial charge in [0, 0.05) is 6.42 Å². The molecule has 3 heteroatoms. The average molecular weight is 132 g/mol. The van der Waals surface area contributed by atoms with E-state index in [-0.39, 0.29) is 10.9 Å². The Balaban J connectivity index is 3.64. The van der Waals surface area contributed by atoms with Gasteiger partial charge in [-0.3, -0.25) is 9.59 Å². The summed E-state index contributed by atoms with van der Waals surface area (Å²) in [5, 5.41) is -0.340. The summed E-state index contributed by atoms with van der Waals surface area (Å²) >= 11 is 0.969. The van der Waals surface area contributed by atoms with Crippen LogP contribution in [0.25, 0.3) is 0 Å². The van der Waals surface area contributed by atoms with Crippen LogP contribution < -0.4 is 0 Å². The molecule has 0 aromatic rings. The van der Waals surface area contributed by atoms with Gasteiger partial charge >= 0.3 is 0 Å². The summed E-state index contributed by atoms with van der Waals surface area (Å²) in [6, 6.07) is 0. The van der Waals surface area contributed by atoms with Gasteiger partial charge in [-0.25, -0.2) is 0 Å².